The number of pyridine rings is 1. The van der Waals surface area contributed by atoms with Gasteiger partial charge in [-0.3, -0.25) is 9.69 Å². The molecule has 2 aromatic heterocycles. The van der Waals surface area contributed by atoms with Crippen molar-refractivity contribution in [1.82, 2.24) is 19.2 Å². The number of halogens is 1. The van der Waals surface area contributed by atoms with E-state index in [0.29, 0.717) is 37.0 Å². The number of aromatic nitrogens is 2. The van der Waals surface area contributed by atoms with Crippen molar-refractivity contribution < 1.29 is 9.53 Å². The standard InChI is InChI=1S/C22H25ClN4O2/c1-25(11-12-29-2)15-19-21(24-20-8-7-18(23)14-27(19)20)22(28)26-10-9-16-5-3-4-6-17(16)13-26/h3-8,14H,9-13,15H2,1-2H3. The van der Waals surface area contributed by atoms with Crippen LogP contribution in [0.25, 0.3) is 5.65 Å². The zero-order chi connectivity index (χ0) is 20.4. The smallest absolute Gasteiger partial charge is 0.274 e. The Bertz CT molecular complexity index is 1030. The average Bonchev–Trinajstić information content (AvgIpc) is 3.08. The minimum Gasteiger partial charge on any atom is -0.383 e. The Labute approximate surface area is 175 Å². The van der Waals surface area contributed by atoms with Crippen LogP contribution >= 0.6 is 11.6 Å². The van der Waals surface area contributed by atoms with Gasteiger partial charge in [0.2, 0.25) is 0 Å². The van der Waals surface area contributed by atoms with Crippen molar-refractivity contribution in [2.24, 2.45) is 0 Å². The minimum atomic E-state index is -0.0329. The molecule has 6 nitrogen and oxygen atoms in total. The Morgan fingerprint density at radius 1 is 1.24 bits per heavy atom. The number of likely N-dealkylation sites (N-methyl/N-ethyl adjacent to an activating group) is 1. The first-order chi connectivity index (χ1) is 14.1. The first-order valence-corrected chi connectivity index (χ1v) is 10.1. The van der Waals surface area contributed by atoms with Gasteiger partial charge in [-0.25, -0.2) is 4.98 Å². The number of amides is 1. The number of carbonyl (C=O) groups excluding carboxylic acids is 1. The number of hydrogen-bond acceptors (Lipinski definition) is 4. The van der Waals surface area contributed by atoms with E-state index >= 15 is 0 Å². The third kappa shape index (κ3) is 4.15. The normalized spacial score (nSPS) is 13.9. The third-order valence-electron chi connectivity index (χ3n) is 5.40. The van der Waals surface area contributed by atoms with E-state index in [4.69, 9.17) is 16.3 Å². The second-order valence-electron chi connectivity index (χ2n) is 7.46. The lowest BCUT2D eigenvalue weighted by molar-refractivity contribution is 0.0726. The first-order valence-electron chi connectivity index (χ1n) is 9.77. The first kappa shape index (κ1) is 19.9. The lowest BCUT2D eigenvalue weighted by atomic mass is 9.99. The van der Waals surface area contributed by atoms with Gasteiger partial charge in [0.1, 0.15) is 5.65 Å². The molecule has 3 heterocycles. The molecule has 0 radical (unpaired) electrons. The molecule has 1 amide bonds. The van der Waals surface area contributed by atoms with Crippen LogP contribution in [0.5, 0.6) is 0 Å². The van der Waals surface area contributed by atoms with Crippen molar-refractivity contribution in [3.63, 3.8) is 0 Å². The van der Waals surface area contributed by atoms with Crippen molar-refractivity contribution >= 4 is 23.2 Å². The average molecular weight is 413 g/mol. The highest BCUT2D eigenvalue weighted by Gasteiger charge is 2.27. The summed E-state index contributed by atoms with van der Waals surface area (Å²) < 4.78 is 7.11. The summed E-state index contributed by atoms with van der Waals surface area (Å²) in [5.41, 5.74) is 4.60. The fourth-order valence-corrected chi connectivity index (χ4v) is 3.95. The molecule has 0 saturated carbocycles. The highest BCUT2D eigenvalue weighted by atomic mass is 35.5. The van der Waals surface area contributed by atoms with Crippen LogP contribution in [0.3, 0.4) is 0 Å². The molecule has 1 aliphatic heterocycles. The molecule has 0 spiro atoms. The van der Waals surface area contributed by atoms with Crippen molar-refractivity contribution in [3.8, 4) is 0 Å². The van der Waals surface area contributed by atoms with Crippen molar-refractivity contribution in [3.05, 3.63) is 70.1 Å². The molecule has 0 unspecified atom stereocenters. The Kier molecular flexibility index (Phi) is 5.85. The van der Waals surface area contributed by atoms with E-state index in [0.717, 1.165) is 24.3 Å². The zero-order valence-electron chi connectivity index (χ0n) is 16.8. The maximum absolute atomic E-state index is 13.5. The fourth-order valence-electron chi connectivity index (χ4n) is 3.79. The molecule has 29 heavy (non-hydrogen) atoms. The van der Waals surface area contributed by atoms with Gasteiger partial charge in [0.25, 0.3) is 5.91 Å². The molecule has 7 heteroatoms. The van der Waals surface area contributed by atoms with Gasteiger partial charge >= 0.3 is 0 Å². The van der Waals surface area contributed by atoms with Crippen LogP contribution in [0, 0.1) is 0 Å². The fraction of sp³-hybridized carbons (Fsp3) is 0.364. The van der Waals surface area contributed by atoms with E-state index in [1.165, 1.54) is 11.1 Å². The predicted octanol–water partition coefficient (Wildman–Crippen LogP) is 3.26. The zero-order valence-corrected chi connectivity index (χ0v) is 17.5. The summed E-state index contributed by atoms with van der Waals surface area (Å²) in [5, 5.41) is 0.613. The van der Waals surface area contributed by atoms with Gasteiger partial charge in [-0.2, -0.15) is 0 Å². The quantitative estimate of drug-likeness (QED) is 0.623. The predicted molar refractivity (Wildman–Crippen MR) is 113 cm³/mol. The van der Waals surface area contributed by atoms with Crippen LogP contribution in [0.2, 0.25) is 5.02 Å². The lowest BCUT2D eigenvalue weighted by Gasteiger charge is -2.28. The van der Waals surface area contributed by atoms with Crippen LogP contribution in [-0.2, 0) is 24.2 Å². The number of ether oxygens (including phenoxy) is 1. The topological polar surface area (TPSA) is 50.1 Å². The minimum absolute atomic E-state index is 0.0329. The molecule has 0 N–H and O–H groups in total. The van der Waals surface area contributed by atoms with E-state index in [-0.39, 0.29) is 5.91 Å². The number of benzene rings is 1. The van der Waals surface area contributed by atoms with E-state index < -0.39 is 0 Å². The molecule has 0 atom stereocenters. The Morgan fingerprint density at radius 3 is 2.83 bits per heavy atom. The molecule has 4 rings (SSSR count). The lowest BCUT2D eigenvalue weighted by Crippen LogP contribution is -2.37. The van der Waals surface area contributed by atoms with Crippen LogP contribution in [0.4, 0.5) is 0 Å². The molecule has 1 aromatic carbocycles. The van der Waals surface area contributed by atoms with Gasteiger partial charge in [-0.05, 0) is 36.7 Å². The van der Waals surface area contributed by atoms with Gasteiger partial charge < -0.3 is 14.0 Å². The van der Waals surface area contributed by atoms with Gasteiger partial charge in [0.15, 0.2) is 5.69 Å². The van der Waals surface area contributed by atoms with Crippen LogP contribution < -0.4 is 0 Å². The number of nitrogens with zero attached hydrogens (tertiary/aromatic N) is 4. The summed E-state index contributed by atoms with van der Waals surface area (Å²) in [6, 6.07) is 12.0. The summed E-state index contributed by atoms with van der Waals surface area (Å²) >= 11 is 6.23. The Morgan fingerprint density at radius 2 is 2.03 bits per heavy atom. The maximum Gasteiger partial charge on any atom is 0.274 e. The monoisotopic (exact) mass is 412 g/mol. The van der Waals surface area contributed by atoms with Crippen LogP contribution in [-0.4, -0.2) is 58.9 Å². The van der Waals surface area contributed by atoms with E-state index in [9.17, 15) is 4.79 Å². The molecule has 0 fully saturated rings. The number of carbonyl (C=O) groups is 1. The number of methoxy groups -OCH3 is 1. The van der Waals surface area contributed by atoms with Gasteiger partial charge in [-0.15, -0.1) is 0 Å². The maximum atomic E-state index is 13.5. The van der Waals surface area contributed by atoms with Crippen molar-refractivity contribution in [2.75, 3.05) is 33.9 Å². The molecule has 0 bridgehead atoms. The largest absolute Gasteiger partial charge is 0.383 e. The molecule has 3 aromatic rings. The van der Waals surface area contributed by atoms with E-state index in [1.54, 1.807) is 13.2 Å². The van der Waals surface area contributed by atoms with Crippen LogP contribution in [0.15, 0.2) is 42.6 Å². The van der Waals surface area contributed by atoms with Gasteiger partial charge in [0, 0.05) is 39.5 Å². The highest BCUT2D eigenvalue weighted by molar-refractivity contribution is 6.30. The molecule has 0 saturated heterocycles. The molecule has 0 aliphatic carbocycles. The summed E-state index contributed by atoms with van der Waals surface area (Å²) in [5.74, 6) is -0.0329. The Balaban J connectivity index is 1.67. The highest BCUT2D eigenvalue weighted by Crippen LogP contribution is 2.23. The molecular weight excluding hydrogens is 388 g/mol. The second kappa shape index (κ2) is 8.53. The van der Waals surface area contributed by atoms with Crippen LogP contribution in [0.1, 0.15) is 27.3 Å². The Hall–Kier alpha value is -2.41. The van der Waals surface area contributed by atoms with E-state index in [2.05, 4.69) is 28.1 Å². The second-order valence-corrected chi connectivity index (χ2v) is 7.90. The number of hydrogen-bond donors (Lipinski definition) is 0. The number of imidazole rings is 1. The summed E-state index contributed by atoms with van der Waals surface area (Å²) in [7, 11) is 3.69. The van der Waals surface area contributed by atoms with Crippen molar-refractivity contribution in [2.45, 2.75) is 19.5 Å². The summed E-state index contributed by atoms with van der Waals surface area (Å²) in [6.45, 7) is 3.28. The number of rotatable bonds is 6. The van der Waals surface area contributed by atoms with Crippen molar-refractivity contribution in [1.29, 1.82) is 0 Å². The van der Waals surface area contributed by atoms with Gasteiger partial charge in [0.05, 0.1) is 17.3 Å². The summed E-state index contributed by atoms with van der Waals surface area (Å²) in [6.07, 6.45) is 2.69. The summed E-state index contributed by atoms with van der Waals surface area (Å²) in [4.78, 5) is 22.1. The van der Waals surface area contributed by atoms with Gasteiger partial charge in [-0.1, -0.05) is 35.9 Å². The molecule has 152 valence electrons. The SMILES string of the molecule is COCCN(C)Cc1c(C(=O)N2CCc3ccccc3C2)nc2ccc(Cl)cn12. The third-order valence-corrected chi connectivity index (χ3v) is 5.62. The molecular formula is C22H25ClN4O2. The molecule has 1 aliphatic rings. The number of fused-ring (bicyclic) bond motifs is 2. The van der Waals surface area contributed by atoms with E-state index in [1.807, 2.05) is 34.7 Å².